The van der Waals surface area contributed by atoms with Gasteiger partial charge in [0.15, 0.2) is 0 Å². The number of fused-ring (bicyclic) bond motifs is 6. The second kappa shape index (κ2) is 15.8. The average molecular weight is 848 g/mol. The number of hydrogen-bond acceptors (Lipinski definition) is 2. The van der Waals surface area contributed by atoms with Crippen molar-refractivity contribution in [1.29, 1.82) is 0 Å². The van der Waals surface area contributed by atoms with E-state index in [0.29, 0.717) is 0 Å². The SMILES string of the molecule is CC1(C)c2ccccc2-c2ccc(-c3ccc(-c4ccc5sc6ccc(-c7ccc(N(c8ccc(-c9ccccc9)cc8)c8ccc(-c9ccccc9)cc8)cc7)cc6c5c4)cc3)cc21. The molecule has 0 bridgehead atoms. The molecule has 0 spiro atoms. The van der Waals surface area contributed by atoms with Crippen LogP contribution < -0.4 is 4.90 Å². The molecule has 0 atom stereocenters. The summed E-state index contributed by atoms with van der Waals surface area (Å²) in [6.07, 6.45) is 0. The molecule has 0 unspecified atom stereocenters. The van der Waals surface area contributed by atoms with E-state index in [1.165, 1.54) is 98.1 Å². The maximum atomic E-state index is 2.41. The average Bonchev–Trinajstić information content (AvgIpc) is 3.85. The number of rotatable bonds is 8. The first-order valence-corrected chi connectivity index (χ1v) is 23.3. The molecule has 0 saturated heterocycles. The zero-order valence-electron chi connectivity index (χ0n) is 36.4. The van der Waals surface area contributed by atoms with Crippen molar-refractivity contribution in [2.24, 2.45) is 0 Å². The minimum Gasteiger partial charge on any atom is -0.311 e. The van der Waals surface area contributed by atoms with Gasteiger partial charge in [0.1, 0.15) is 0 Å². The molecular weight excluding hydrogens is 803 g/mol. The fourth-order valence-electron chi connectivity index (χ4n) is 9.99. The van der Waals surface area contributed by atoms with Crippen molar-refractivity contribution >= 4 is 48.6 Å². The number of benzene rings is 10. The summed E-state index contributed by atoms with van der Waals surface area (Å²) < 4.78 is 2.61. The highest BCUT2D eigenvalue weighted by atomic mass is 32.1. The Kier molecular flexibility index (Phi) is 9.44. The van der Waals surface area contributed by atoms with Crippen molar-refractivity contribution in [2.75, 3.05) is 4.90 Å². The summed E-state index contributed by atoms with van der Waals surface area (Å²) in [6, 6.07) is 86.9. The highest BCUT2D eigenvalue weighted by Crippen LogP contribution is 2.50. The van der Waals surface area contributed by atoms with Gasteiger partial charge in [0.2, 0.25) is 0 Å². The standard InChI is InChI=1S/C63H45NS/c1-63(2)59-16-10-9-15-55(59)56-36-27-51(41-60(56)63)47-19-17-46(18-20-47)49-28-37-61-57(39-49)58-40-50(29-38-62(58)65-61)48-25-34-54(35-26-48)64(52-30-21-44(22-31-52)42-11-5-3-6-12-42)53-32-23-45(24-33-53)43-13-7-4-8-14-43/h3-41H,1-2H3. The molecule has 65 heavy (non-hydrogen) atoms. The molecule has 10 aromatic carbocycles. The number of hydrogen-bond donors (Lipinski definition) is 0. The third-order valence-electron chi connectivity index (χ3n) is 13.5. The molecule has 11 aromatic rings. The predicted octanol–water partition coefficient (Wildman–Crippen LogP) is 18.2. The van der Waals surface area contributed by atoms with Gasteiger partial charge in [-0.25, -0.2) is 0 Å². The first-order chi connectivity index (χ1) is 31.9. The minimum absolute atomic E-state index is 0.0156. The second-order valence-electron chi connectivity index (χ2n) is 17.7. The van der Waals surface area contributed by atoms with Crippen LogP contribution in [0.2, 0.25) is 0 Å². The Morgan fingerprint density at radius 2 is 0.631 bits per heavy atom. The van der Waals surface area contributed by atoms with Crippen molar-refractivity contribution < 1.29 is 0 Å². The Morgan fingerprint density at radius 3 is 1.11 bits per heavy atom. The minimum atomic E-state index is -0.0156. The van der Waals surface area contributed by atoms with Gasteiger partial charge in [-0.3, -0.25) is 0 Å². The maximum absolute atomic E-state index is 2.41. The van der Waals surface area contributed by atoms with Crippen LogP contribution in [0.3, 0.4) is 0 Å². The summed E-state index contributed by atoms with van der Waals surface area (Å²) in [7, 11) is 0. The Morgan fingerprint density at radius 1 is 0.292 bits per heavy atom. The molecule has 308 valence electrons. The Hall–Kier alpha value is -7.78. The molecule has 1 heterocycles. The van der Waals surface area contributed by atoms with Crippen LogP contribution in [-0.2, 0) is 5.41 Å². The zero-order valence-corrected chi connectivity index (χ0v) is 37.2. The van der Waals surface area contributed by atoms with Gasteiger partial charge < -0.3 is 4.90 Å². The van der Waals surface area contributed by atoms with Gasteiger partial charge in [0.05, 0.1) is 0 Å². The third-order valence-corrected chi connectivity index (χ3v) is 14.7. The van der Waals surface area contributed by atoms with Gasteiger partial charge in [-0.2, -0.15) is 0 Å². The summed E-state index contributed by atoms with van der Waals surface area (Å²) in [6.45, 7) is 4.70. The van der Waals surface area contributed by atoms with E-state index in [-0.39, 0.29) is 5.41 Å². The summed E-state index contributed by atoms with van der Waals surface area (Å²) >= 11 is 1.87. The summed E-state index contributed by atoms with van der Waals surface area (Å²) in [5, 5.41) is 2.60. The van der Waals surface area contributed by atoms with Crippen LogP contribution in [0, 0.1) is 0 Å². The normalized spacial score (nSPS) is 12.6. The Balaban J connectivity index is 0.843. The van der Waals surface area contributed by atoms with Crippen LogP contribution in [0.5, 0.6) is 0 Å². The molecule has 12 rings (SSSR count). The first-order valence-electron chi connectivity index (χ1n) is 22.5. The summed E-state index contributed by atoms with van der Waals surface area (Å²) in [4.78, 5) is 2.35. The number of anilines is 3. The molecule has 0 radical (unpaired) electrons. The van der Waals surface area contributed by atoms with E-state index in [1.54, 1.807) is 0 Å². The van der Waals surface area contributed by atoms with Crippen LogP contribution in [0.1, 0.15) is 25.0 Å². The van der Waals surface area contributed by atoms with Crippen molar-refractivity contribution in [3.63, 3.8) is 0 Å². The Labute approximate surface area is 385 Å². The van der Waals surface area contributed by atoms with Crippen LogP contribution in [0.25, 0.3) is 86.9 Å². The van der Waals surface area contributed by atoms with Crippen molar-refractivity contribution in [2.45, 2.75) is 19.3 Å². The monoisotopic (exact) mass is 847 g/mol. The molecule has 2 heteroatoms. The van der Waals surface area contributed by atoms with Gasteiger partial charge >= 0.3 is 0 Å². The van der Waals surface area contributed by atoms with Crippen LogP contribution in [0.15, 0.2) is 237 Å². The van der Waals surface area contributed by atoms with Crippen LogP contribution in [-0.4, -0.2) is 0 Å². The van der Waals surface area contributed by atoms with Crippen molar-refractivity contribution in [3.8, 4) is 66.8 Å². The molecule has 1 aromatic heterocycles. The fourth-order valence-corrected chi connectivity index (χ4v) is 11.1. The van der Waals surface area contributed by atoms with Gasteiger partial charge in [0.25, 0.3) is 0 Å². The van der Waals surface area contributed by atoms with E-state index >= 15 is 0 Å². The third kappa shape index (κ3) is 6.95. The smallest absolute Gasteiger partial charge is 0.0462 e. The van der Waals surface area contributed by atoms with E-state index in [1.807, 2.05) is 11.3 Å². The molecule has 1 aliphatic carbocycles. The molecule has 0 N–H and O–H groups in total. The lowest BCUT2D eigenvalue weighted by Crippen LogP contribution is -2.14. The number of thiophene rings is 1. The lowest BCUT2D eigenvalue weighted by molar-refractivity contribution is 0.660. The highest BCUT2D eigenvalue weighted by molar-refractivity contribution is 7.25. The topological polar surface area (TPSA) is 3.24 Å². The first kappa shape index (κ1) is 38.9. The van der Waals surface area contributed by atoms with E-state index < -0.39 is 0 Å². The zero-order chi connectivity index (χ0) is 43.5. The van der Waals surface area contributed by atoms with Crippen molar-refractivity contribution in [1.82, 2.24) is 0 Å². The van der Waals surface area contributed by atoms with E-state index in [4.69, 9.17) is 0 Å². The molecule has 0 saturated carbocycles. The van der Waals surface area contributed by atoms with Crippen molar-refractivity contribution in [3.05, 3.63) is 248 Å². The molecule has 1 aliphatic rings. The largest absolute Gasteiger partial charge is 0.311 e. The number of nitrogens with zero attached hydrogens (tertiary/aromatic N) is 1. The van der Waals surface area contributed by atoms with Crippen LogP contribution >= 0.6 is 11.3 Å². The van der Waals surface area contributed by atoms with E-state index in [2.05, 4.69) is 255 Å². The van der Waals surface area contributed by atoms with Crippen LogP contribution in [0.4, 0.5) is 17.1 Å². The van der Waals surface area contributed by atoms with Gasteiger partial charge in [-0.15, -0.1) is 11.3 Å². The van der Waals surface area contributed by atoms with Gasteiger partial charge in [-0.1, -0.05) is 184 Å². The van der Waals surface area contributed by atoms with E-state index in [0.717, 1.165) is 17.1 Å². The molecular formula is C63H45NS. The quantitative estimate of drug-likeness (QED) is 0.147. The fraction of sp³-hybridized carbons (Fsp3) is 0.0476. The summed E-state index contributed by atoms with van der Waals surface area (Å²) in [5.74, 6) is 0. The lowest BCUT2D eigenvalue weighted by Gasteiger charge is -2.26. The molecule has 0 amide bonds. The molecule has 0 fully saturated rings. The highest BCUT2D eigenvalue weighted by Gasteiger charge is 2.35. The molecule has 1 nitrogen and oxygen atoms in total. The second-order valence-corrected chi connectivity index (χ2v) is 18.8. The Bertz CT molecular complexity index is 3430. The van der Waals surface area contributed by atoms with E-state index in [9.17, 15) is 0 Å². The predicted molar refractivity (Wildman–Crippen MR) is 279 cm³/mol. The summed E-state index contributed by atoms with van der Waals surface area (Å²) in [5.41, 5.74) is 21.1. The van der Waals surface area contributed by atoms with Gasteiger partial charge in [0, 0.05) is 42.6 Å². The maximum Gasteiger partial charge on any atom is 0.0462 e. The lowest BCUT2D eigenvalue weighted by atomic mass is 9.81. The van der Waals surface area contributed by atoms with Gasteiger partial charge in [-0.05, 0) is 145 Å². The molecule has 0 aliphatic heterocycles.